The third-order valence-corrected chi connectivity index (χ3v) is 6.01. The predicted octanol–water partition coefficient (Wildman–Crippen LogP) is 5.57. The standard InChI is InChI=1S/C21H19N3O4S2/c1-13-12-29-18-11-14(21(25)22-19-8-9-24(2)23-19)10-17(20(13)18)27-15-4-6-16(7-5-15)30-28-26-3/h4-12H,1-3H3,(H,22,23,25). The Balaban J connectivity index is 1.63. The summed E-state index contributed by atoms with van der Waals surface area (Å²) < 4.78 is 13.6. The summed E-state index contributed by atoms with van der Waals surface area (Å²) in [6, 6.07) is 12.8. The van der Waals surface area contributed by atoms with Crippen molar-refractivity contribution in [3.8, 4) is 11.5 Å². The molecule has 9 heteroatoms. The molecular weight excluding hydrogens is 422 g/mol. The van der Waals surface area contributed by atoms with E-state index < -0.39 is 0 Å². The van der Waals surface area contributed by atoms with E-state index in [4.69, 9.17) is 9.07 Å². The van der Waals surface area contributed by atoms with E-state index in [9.17, 15) is 4.79 Å². The summed E-state index contributed by atoms with van der Waals surface area (Å²) in [6.07, 6.45) is 1.77. The Labute approximate surface area is 181 Å². The molecule has 0 aliphatic heterocycles. The average molecular weight is 442 g/mol. The number of thiophene rings is 1. The van der Waals surface area contributed by atoms with Crippen molar-refractivity contribution in [2.75, 3.05) is 12.4 Å². The zero-order valence-corrected chi connectivity index (χ0v) is 18.2. The fraction of sp³-hybridized carbons (Fsp3) is 0.143. The maximum atomic E-state index is 12.8. The summed E-state index contributed by atoms with van der Waals surface area (Å²) in [4.78, 5) is 18.3. The Morgan fingerprint density at radius 3 is 2.70 bits per heavy atom. The van der Waals surface area contributed by atoms with E-state index in [1.807, 2.05) is 37.3 Å². The first-order valence-electron chi connectivity index (χ1n) is 9.01. The van der Waals surface area contributed by atoms with Crippen LogP contribution in [0.4, 0.5) is 5.82 Å². The number of fused-ring (bicyclic) bond motifs is 1. The molecule has 4 aromatic rings. The van der Waals surface area contributed by atoms with Gasteiger partial charge in [-0.15, -0.1) is 11.3 Å². The van der Waals surface area contributed by atoms with Gasteiger partial charge in [0, 0.05) is 39.9 Å². The molecule has 0 bridgehead atoms. The summed E-state index contributed by atoms with van der Waals surface area (Å²) in [5.74, 6) is 1.55. The molecule has 0 unspecified atom stereocenters. The molecule has 1 N–H and O–H groups in total. The second kappa shape index (κ2) is 8.88. The van der Waals surface area contributed by atoms with Crippen molar-refractivity contribution in [1.29, 1.82) is 0 Å². The lowest BCUT2D eigenvalue weighted by Gasteiger charge is -2.11. The molecule has 0 atom stereocenters. The Morgan fingerprint density at radius 1 is 1.20 bits per heavy atom. The number of amides is 1. The Hall–Kier alpha value is -2.85. The number of hydrogen-bond donors (Lipinski definition) is 1. The molecule has 0 radical (unpaired) electrons. The van der Waals surface area contributed by atoms with Gasteiger partial charge < -0.3 is 10.1 Å². The van der Waals surface area contributed by atoms with E-state index in [1.54, 1.807) is 41.4 Å². The van der Waals surface area contributed by atoms with E-state index >= 15 is 0 Å². The quantitative estimate of drug-likeness (QED) is 0.229. The Kier molecular flexibility index (Phi) is 6.05. The van der Waals surface area contributed by atoms with Gasteiger partial charge in [-0.2, -0.15) is 9.43 Å². The molecule has 2 aromatic heterocycles. The van der Waals surface area contributed by atoms with Gasteiger partial charge in [0.15, 0.2) is 5.82 Å². The molecule has 0 fully saturated rings. The normalized spacial score (nSPS) is 11.0. The van der Waals surface area contributed by atoms with Crippen molar-refractivity contribution >= 4 is 45.2 Å². The summed E-state index contributed by atoms with van der Waals surface area (Å²) in [6.45, 7) is 2.03. The topological polar surface area (TPSA) is 74.6 Å². The highest BCUT2D eigenvalue weighted by molar-refractivity contribution is 7.94. The number of carbonyl (C=O) groups excluding carboxylic acids is 1. The molecule has 0 saturated heterocycles. The smallest absolute Gasteiger partial charge is 0.257 e. The molecule has 7 nitrogen and oxygen atoms in total. The van der Waals surface area contributed by atoms with Crippen molar-refractivity contribution in [1.82, 2.24) is 9.78 Å². The number of anilines is 1. The monoisotopic (exact) mass is 441 g/mol. The van der Waals surface area contributed by atoms with Crippen LogP contribution in [-0.4, -0.2) is 22.8 Å². The molecule has 4 rings (SSSR count). The van der Waals surface area contributed by atoms with Crippen LogP contribution in [0.5, 0.6) is 11.5 Å². The first kappa shape index (κ1) is 20.4. The van der Waals surface area contributed by atoms with Crippen LogP contribution < -0.4 is 10.1 Å². The van der Waals surface area contributed by atoms with Crippen molar-refractivity contribution < 1.29 is 18.8 Å². The highest BCUT2D eigenvalue weighted by atomic mass is 32.2. The van der Waals surface area contributed by atoms with Crippen LogP contribution in [0.2, 0.25) is 0 Å². The number of carbonyl (C=O) groups is 1. The van der Waals surface area contributed by atoms with Gasteiger partial charge in [0.05, 0.1) is 19.2 Å². The van der Waals surface area contributed by atoms with Gasteiger partial charge in [0.25, 0.3) is 5.91 Å². The largest absolute Gasteiger partial charge is 0.457 e. The maximum Gasteiger partial charge on any atom is 0.257 e. The second-order valence-corrected chi connectivity index (χ2v) is 8.17. The number of nitrogens with zero attached hydrogens (tertiary/aromatic N) is 2. The van der Waals surface area contributed by atoms with Gasteiger partial charge in [-0.3, -0.25) is 9.48 Å². The molecule has 30 heavy (non-hydrogen) atoms. The minimum atomic E-state index is -0.241. The molecule has 0 saturated carbocycles. The highest BCUT2D eigenvalue weighted by Gasteiger charge is 2.16. The van der Waals surface area contributed by atoms with Gasteiger partial charge in [-0.25, -0.2) is 4.89 Å². The number of ether oxygens (including phenoxy) is 1. The number of hydrogen-bond acceptors (Lipinski definition) is 7. The van der Waals surface area contributed by atoms with E-state index in [1.165, 1.54) is 7.11 Å². The Bertz CT molecular complexity index is 1180. The van der Waals surface area contributed by atoms with E-state index in [0.29, 0.717) is 22.9 Å². The van der Waals surface area contributed by atoms with Crippen LogP contribution in [0, 0.1) is 6.92 Å². The van der Waals surface area contributed by atoms with E-state index in [2.05, 4.69) is 20.7 Å². The predicted molar refractivity (Wildman–Crippen MR) is 118 cm³/mol. The molecule has 0 aliphatic rings. The lowest BCUT2D eigenvalue weighted by Crippen LogP contribution is -2.12. The van der Waals surface area contributed by atoms with Crippen LogP contribution in [-0.2, 0) is 16.3 Å². The van der Waals surface area contributed by atoms with Gasteiger partial charge in [0.2, 0.25) is 0 Å². The number of rotatable bonds is 7. The van der Waals surface area contributed by atoms with Crippen LogP contribution >= 0.6 is 23.4 Å². The number of benzene rings is 2. The molecule has 2 heterocycles. The fourth-order valence-electron chi connectivity index (χ4n) is 2.93. The van der Waals surface area contributed by atoms with Gasteiger partial charge in [-0.05, 0) is 54.3 Å². The number of nitrogens with one attached hydrogen (secondary N) is 1. The van der Waals surface area contributed by atoms with Crippen LogP contribution in [0.1, 0.15) is 15.9 Å². The van der Waals surface area contributed by atoms with Crippen LogP contribution in [0.25, 0.3) is 10.1 Å². The Morgan fingerprint density at radius 2 is 2.00 bits per heavy atom. The summed E-state index contributed by atoms with van der Waals surface area (Å²) >= 11 is 2.69. The molecule has 0 aliphatic carbocycles. The minimum Gasteiger partial charge on any atom is -0.457 e. The molecule has 154 valence electrons. The van der Waals surface area contributed by atoms with Crippen molar-refractivity contribution in [3.63, 3.8) is 0 Å². The van der Waals surface area contributed by atoms with Crippen LogP contribution in [0.3, 0.4) is 0 Å². The summed E-state index contributed by atoms with van der Waals surface area (Å²) in [5.41, 5.74) is 1.60. The number of aromatic nitrogens is 2. The van der Waals surface area contributed by atoms with Crippen molar-refractivity contribution in [2.24, 2.45) is 7.05 Å². The SMILES string of the molecule is COOSc1ccc(Oc2cc(C(=O)Nc3ccn(C)n3)cc3scc(C)c23)cc1. The van der Waals surface area contributed by atoms with Gasteiger partial charge in [0.1, 0.15) is 11.5 Å². The molecule has 2 aromatic carbocycles. The summed E-state index contributed by atoms with van der Waals surface area (Å²) in [7, 11) is 3.25. The summed E-state index contributed by atoms with van der Waals surface area (Å²) in [5, 5.41) is 10.1. The third-order valence-electron chi connectivity index (χ3n) is 4.29. The van der Waals surface area contributed by atoms with Crippen LogP contribution in [0.15, 0.2) is 58.9 Å². The lowest BCUT2D eigenvalue weighted by atomic mass is 10.1. The molecule has 1 amide bonds. The number of aryl methyl sites for hydroxylation is 2. The van der Waals surface area contributed by atoms with Gasteiger partial charge >= 0.3 is 0 Å². The molecule has 0 spiro atoms. The first-order chi connectivity index (χ1) is 14.5. The van der Waals surface area contributed by atoms with Gasteiger partial charge in [-0.1, -0.05) is 0 Å². The first-order valence-corrected chi connectivity index (χ1v) is 10.6. The van der Waals surface area contributed by atoms with Crippen molar-refractivity contribution in [3.05, 3.63) is 65.2 Å². The average Bonchev–Trinajstić information content (AvgIpc) is 3.32. The van der Waals surface area contributed by atoms with E-state index in [-0.39, 0.29) is 5.91 Å². The lowest BCUT2D eigenvalue weighted by molar-refractivity contribution is -0.160. The second-order valence-electron chi connectivity index (χ2n) is 6.49. The molecular formula is C21H19N3O4S2. The fourth-order valence-corrected chi connectivity index (χ4v) is 4.32. The zero-order chi connectivity index (χ0) is 21.1. The highest BCUT2D eigenvalue weighted by Crippen LogP contribution is 2.37. The van der Waals surface area contributed by atoms with Crippen molar-refractivity contribution in [2.45, 2.75) is 11.8 Å². The minimum absolute atomic E-state index is 0.241. The maximum absolute atomic E-state index is 12.8. The zero-order valence-electron chi connectivity index (χ0n) is 16.5. The third kappa shape index (κ3) is 4.49. The van der Waals surface area contributed by atoms with E-state index in [0.717, 1.165) is 32.6 Å².